The van der Waals surface area contributed by atoms with Gasteiger partial charge in [-0.2, -0.15) is 5.10 Å². The lowest BCUT2D eigenvalue weighted by Crippen LogP contribution is -2.33. The van der Waals surface area contributed by atoms with E-state index in [1.165, 1.54) is 16.6 Å². The fourth-order valence-electron chi connectivity index (χ4n) is 2.82. The Labute approximate surface area is 128 Å². The van der Waals surface area contributed by atoms with Crippen LogP contribution in [0.4, 0.5) is 0 Å². The summed E-state index contributed by atoms with van der Waals surface area (Å²) in [6.45, 7) is 14.3. The van der Waals surface area contributed by atoms with Crippen LogP contribution in [0.25, 0.3) is 10.9 Å². The zero-order valence-corrected chi connectivity index (χ0v) is 14.1. The molecule has 0 aliphatic carbocycles. The Bertz CT molecular complexity index is 578. The summed E-state index contributed by atoms with van der Waals surface area (Å²) in [5.74, 6) is 0.584. The SMILES string of the molecule is CCNCC(Cc1nn(CC)c2ccccc12)C(C)(C)C. The summed E-state index contributed by atoms with van der Waals surface area (Å²) < 4.78 is 2.12. The number of hydrogen-bond donors (Lipinski definition) is 1. The van der Waals surface area contributed by atoms with E-state index in [4.69, 9.17) is 5.10 Å². The van der Waals surface area contributed by atoms with Gasteiger partial charge in [0.05, 0.1) is 11.2 Å². The van der Waals surface area contributed by atoms with Gasteiger partial charge in [0.2, 0.25) is 0 Å². The minimum Gasteiger partial charge on any atom is -0.317 e. The highest BCUT2D eigenvalue weighted by atomic mass is 15.3. The summed E-state index contributed by atoms with van der Waals surface area (Å²) >= 11 is 0. The number of aryl methyl sites for hydroxylation is 1. The molecule has 2 rings (SSSR count). The topological polar surface area (TPSA) is 29.9 Å². The zero-order chi connectivity index (χ0) is 15.5. The smallest absolute Gasteiger partial charge is 0.0706 e. The third-order valence-corrected chi connectivity index (χ3v) is 4.34. The molecule has 21 heavy (non-hydrogen) atoms. The van der Waals surface area contributed by atoms with Gasteiger partial charge in [-0.25, -0.2) is 0 Å². The maximum Gasteiger partial charge on any atom is 0.0706 e. The molecule has 1 N–H and O–H groups in total. The predicted octanol–water partition coefficient (Wildman–Crippen LogP) is 3.87. The van der Waals surface area contributed by atoms with Crippen molar-refractivity contribution in [1.29, 1.82) is 0 Å². The Balaban J connectivity index is 2.32. The first-order valence-electron chi connectivity index (χ1n) is 8.12. The van der Waals surface area contributed by atoms with E-state index < -0.39 is 0 Å². The number of aromatic nitrogens is 2. The highest BCUT2D eigenvalue weighted by molar-refractivity contribution is 5.81. The van der Waals surface area contributed by atoms with Crippen molar-refractivity contribution < 1.29 is 0 Å². The second-order valence-corrected chi connectivity index (χ2v) is 6.85. The van der Waals surface area contributed by atoms with Gasteiger partial charge < -0.3 is 5.32 Å². The quantitative estimate of drug-likeness (QED) is 0.874. The van der Waals surface area contributed by atoms with Gasteiger partial charge in [0.1, 0.15) is 0 Å². The minimum atomic E-state index is 0.277. The molecule has 0 saturated carbocycles. The van der Waals surface area contributed by atoms with E-state index in [9.17, 15) is 0 Å². The van der Waals surface area contributed by atoms with Crippen LogP contribution in [0, 0.1) is 11.3 Å². The molecule has 0 amide bonds. The summed E-state index contributed by atoms with van der Waals surface area (Å²) in [4.78, 5) is 0. The van der Waals surface area contributed by atoms with Crippen molar-refractivity contribution in [1.82, 2.24) is 15.1 Å². The molecule has 0 aliphatic rings. The molecule has 0 spiro atoms. The van der Waals surface area contributed by atoms with Crippen molar-refractivity contribution in [3.63, 3.8) is 0 Å². The van der Waals surface area contributed by atoms with Gasteiger partial charge in [0.25, 0.3) is 0 Å². The highest BCUT2D eigenvalue weighted by Crippen LogP contribution is 2.30. The number of nitrogens with one attached hydrogen (secondary N) is 1. The fraction of sp³-hybridized carbons (Fsp3) is 0.611. The largest absolute Gasteiger partial charge is 0.317 e. The highest BCUT2D eigenvalue weighted by Gasteiger charge is 2.26. The molecule has 1 heterocycles. The van der Waals surface area contributed by atoms with Gasteiger partial charge in [-0.15, -0.1) is 0 Å². The van der Waals surface area contributed by atoms with Crippen molar-refractivity contribution in [3.8, 4) is 0 Å². The first kappa shape index (κ1) is 16.0. The molecular formula is C18H29N3. The Morgan fingerprint density at radius 3 is 2.52 bits per heavy atom. The van der Waals surface area contributed by atoms with Gasteiger partial charge in [-0.1, -0.05) is 45.9 Å². The molecule has 1 aromatic heterocycles. The van der Waals surface area contributed by atoms with E-state index >= 15 is 0 Å². The van der Waals surface area contributed by atoms with E-state index in [0.717, 1.165) is 26.1 Å². The molecule has 3 heteroatoms. The van der Waals surface area contributed by atoms with Crippen LogP contribution >= 0.6 is 0 Å². The maximum absolute atomic E-state index is 4.86. The maximum atomic E-state index is 4.86. The number of para-hydroxylation sites is 1. The average molecular weight is 287 g/mol. The van der Waals surface area contributed by atoms with Crippen LogP contribution in [0.15, 0.2) is 24.3 Å². The Hall–Kier alpha value is -1.35. The Kier molecular flexibility index (Phi) is 5.04. The average Bonchev–Trinajstić information content (AvgIpc) is 2.80. The second kappa shape index (κ2) is 6.61. The van der Waals surface area contributed by atoms with Gasteiger partial charge in [0.15, 0.2) is 0 Å². The van der Waals surface area contributed by atoms with Gasteiger partial charge >= 0.3 is 0 Å². The lowest BCUT2D eigenvalue weighted by molar-refractivity contribution is 0.230. The molecule has 0 radical (unpaired) electrons. The molecule has 2 aromatic rings. The third-order valence-electron chi connectivity index (χ3n) is 4.34. The minimum absolute atomic E-state index is 0.277. The molecule has 0 aliphatic heterocycles. The van der Waals surface area contributed by atoms with Gasteiger partial charge in [-0.05, 0) is 43.8 Å². The van der Waals surface area contributed by atoms with E-state index in [0.29, 0.717) is 5.92 Å². The lowest BCUT2D eigenvalue weighted by atomic mass is 9.77. The summed E-state index contributed by atoms with van der Waals surface area (Å²) in [6.07, 6.45) is 1.03. The summed E-state index contributed by atoms with van der Waals surface area (Å²) in [6, 6.07) is 8.59. The fourth-order valence-corrected chi connectivity index (χ4v) is 2.82. The van der Waals surface area contributed by atoms with Crippen molar-refractivity contribution in [2.45, 2.75) is 47.6 Å². The number of hydrogen-bond acceptors (Lipinski definition) is 2. The van der Waals surface area contributed by atoms with Gasteiger partial charge in [0, 0.05) is 11.9 Å². The third kappa shape index (κ3) is 3.65. The predicted molar refractivity (Wildman–Crippen MR) is 90.6 cm³/mol. The second-order valence-electron chi connectivity index (χ2n) is 6.85. The normalized spacial score (nSPS) is 13.8. The summed E-state index contributed by atoms with van der Waals surface area (Å²) in [7, 11) is 0. The Morgan fingerprint density at radius 1 is 1.19 bits per heavy atom. The van der Waals surface area contributed by atoms with Crippen LogP contribution in [-0.2, 0) is 13.0 Å². The monoisotopic (exact) mass is 287 g/mol. The van der Waals surface area contributed by atoms with Crippen molar-refractivity contribution in [2.24, 2.45) is 11.3 Å². The van der Waals surface area contributed by atoms with Crippen LogP contribution in [0.3, 0.4) is 0 Å². The molecule has 0 saturated heterocycles. The molecular weight excluding hydrogens is 258 g/mol. The van der Waals surface area contributed by atoms with E-state index in [1.54, 1.807) is 0 Å². The molecule has 1 aromatic carbocycles. The zero-order valence-electron chi connectivity index (χ0n) is 14.1. The van der Waals surface area contributed by atoms with Crippen LogP contribution in [0.1, 0.15) is 40.3 Å². The standard InChI is InChI=1S/C18H29N3/c1-6-19-13-14(18(3,4)5)12-16-15-10-8-9-11-17(15)21(7-2)20-16/h8-11,14,19H,6-7,12-13H2,1-5H3. The number of nitrogens with zero attached hydrogens (tertiary/aromatic N) is 2. The first-order valence-corrected chi connectivity index (χ1v) is 8.12. The number of fused-ring (bicyclic) bond motifs is 1. The molecule has 3 nitrogen and oxygen atoms in total. The summed E-state index contributed by atoms with van der Waals surface area (Å²) in [5, 5.41) is 9.68. The molecule has 1 atom stereocenters. The van der Waals surface area contributed by atoms with Crippen LogP contribution in [-0.4, -0.2) is 22.9 Å². The van der Waals surface area contributed by atoms with Crippen molar-refractivity contribution in [2.75, 3.05) is 13.1 Å². The van der Waals surface area contributed by atoms with Crippen LogP contribution in [0.5, 0.6) is 0 Å². The van der Waals surface area contributed by atoms with Crippen molar-refractivity contribution >= 4 is 10.9 Å². The van der Waals surface area contributed by atoms with Crippen LogP contribution < -0.4 is 5.32 Å². The summed E-state index contributed by atoms with van der Waals surface area (Å²) in [5.41, 5.74) is 2.77. The van der Waals surface area contributed by atoms with Crippen molar-refractivity contribution in [3.05, 3.63) is 30.0 Å². The lowest BCUT2D eigenvalue weighted by Gasteiger charge is -2.30. The van der Waals surface area contributed by atoms with Crippen LogP contribution in [0.2, 0.25) is 0 Å². The molecule has 0 fully saturated rings. The number of benzene rings is 1. The Morgan fingerprint density at radius 2 is 1.90 bits per heavy atom. The van der Waals surface area contributed by atoms with Gasteiger partial charge in [-0.3, -0.25) is 4.68 Å². The van der Waals surface area contributed by atoms with E-state index in [-0.39, 0.29) is 5.41 Å². The molecule has 116 valence electrons. The molecule has 1 unspecified atom stereocenters. The van der Waals surface area contributed by atoms with E-state index in [2.05, 4.69) is 68.9 Å². The number of rotatable bonds is 6. The van der Waals surface area contributed by atoms with E-state index in [1.807, 2.05) is 0 Å². The first-order chi connectivity index (χ1) is 9.97. The molecule has 0 bridgehead atoms.